The fraction of sp³-hybridized carbons (Fsp3) is 0.100. The molecule has 3 N–H and O–H groups in total. The van der Waals surface area contributed by atoms with Gasteiger partial charge < -0.3 is 15.7 Å². The first-order valence-corrected chi connectivity index (χ1v) is 4.56. The van der Waals surface area contributed by atoms with Crippen molar-refractivity contribution < 1.29 is 23.9 Å². The van der Waals surface area contributed by atoms with Crippen LogP contribution in [0.5, 0.6) is 0 Å². The third-order valence-corrected chi connectivity index (χ3v) is 1.73. The van der Waals surface area contributed by atoms with Crippen LogP contribution in [0.4, 0.5) is 10.1 Å². The number of carboxylic acid groups (broad SMARTS) is 1. The molecule has 0 bridgehead atoms. The number of carboxylic acids is 1. The number of amides is 2. The topological polar surface area (TPSA) is 95.5 Å². The molecule has 90 valence electrons. The van der Waals surface area contributed by atoms with Crippen LogP contribution < -0.4 is 10.6 Å². The van der Waals surface area contributed by atoms with Crippen LogP contribution >= 0.6 is 0 Å². The lowest BCUT2D eigenvalue weighted by Gasteiger charge is -2.05. The maximum atomic E-state index is 13.1. The third-order valence-electron chi connectivity index (χ3n) is 1.73. The Kier molecular flexibility index (Phi) is 4.15. The van der Waals surface area contributed by atoms with Crippen molar-refractivity contribution in [2.75, 3.05) is 11.9 Å². The maximum absolute atomic E-state index is 13.1. The van der Waals surface area contributed by atoms with Gasteiger partial charge in [0.05, 0.1) is 5.69 Å². The van der Waals surface area contributed by atoms with Gasteiger partial charge in [0.25, 0.3) is 0 Å². The van der Waals surface area contributed by atoms with Crippen LogP contribution in [0, 0.1) is 5.82 Å². The number of anilines is 1. The highest BCUT2D eigenvalue weighted by Gasteiger charge is 2.15. The summed E-state index contributed by atoms with van der Waals surface area (Å²) in [6, 6.07) is 5.30. The molecule has 6 nitrogen and oxygen atoms in total. The molecule has 0 spiro atoms. The van der Waals surface area contributed by atoms with E-state index in [1.54, 1.807) is 0 Å². The van der Waals surface area contributed by atoms with Crippen molar-refractivity contribution in [3.63, 3.8) is 0 Å². The van der Waals surface area contributed by atoms with Crippen LogP contribution in [-0.2, 0) is 14.4 Å². The summed E-state index contributed by atoms with van der Waals surface area (Å²) in [7, 11) is 0. The van der Waals surface area contributed by atoms with Gasteiger partial charge in [-0.2, -0.15) is 0 Å². The van der Waals surface area contributed by atoms with Gasteiger partial charge in [0, 0.05) is 0 Å². The fourth-order valence-electron chi connectivity index (χ4n) is 0.978. The number of aliphatic carboxylic acids is 1. The number of para-hydroxylation sites is 1. The van der Waals surface area contributed by atoms with E-state index < -0.39 is 30.1 Å². The molecule has 0 heterocycles. The van der Waals surface area contributed by atoms with Crippen molar-refractivity contribution in [1.82, 2.24) is 5.32 Å². The molecule has 1 aromatic carbocycles. The van der Waals surface area contributed by atoms with Crippen LogP contribution in [0.2, 0.25) is 0 Å². The smallest absolute Gasteiger partial charge is 0.322 e. The van der Waals surface area contributed by atoms with Gasteiger partial charge in [-0.05, 0) is 12.1 Å². The Bertz CT molecular complexity index is 461. The van der Waals surface area contributed by atoms with Gasteiger partial charge >= 0.3 is 17.8 Å². The second kappa shape index (κ2) is 5.59. The molecule has 0 saturated heterocycles. The standard InChI is InChI=1S/C10H9FN2O4/c11-6-3-1-2-4-7(6)13-10(17)9(16)12-5-8(14)15/h1-4H,5H2,(H,12,16)(H,13,17)(H,14,15). The van der Waals surface area contributed by atoms with Gasteiger partial charge in [-0.15, -0.1) is 0 Å². The van der Waals surface area contributed by atoms with Crippen molar-refractivity contribution in [1.29, 1.82) is 0 Å². The molecule has 2 amide bonds. The molecule has 1 rings (SSSR count). The lowest BCUT2D eigenvalue weighted by Crippen LogP contribution is -2.38. The largest absolute Gasteiger partial charge is 0.480 e. The van der Waals surface area contributed by atoms with Gasteiger partial charge in [0.15, 0.2) is 0 Å². The Hall–Kier alpha value is -2.44. The van der Waals surface area contributed by atoms with E-state index in [-0.39, 0.29) is 5.69 Å². The molecule has 17 heavy (non-hydrogen) atoms. The summed E-state index contributed by atoms with van der Waals surface area (Å²) in [5.41, 5.74) is -0.150. The average Bonchev–Trinajstić information content (AvgIpc) is 2.28. The zero-order valence-electron chi connectivity index (χ0n) is 8.57. The van der Waals surface area contributed by atoms with Crippen LogP contribution in [0.1, 0.15) is 0 Å². The minimum Gasteiger partial charge on any atom is -0.480 e. The van der Waals surface area contributed by atoms with E-state index in [2.05, 4.69) is 0 Å². The van der Waals surface area contributed by atoms with E-state index >= 15 is 0 Å². The molecule has 0 radical (unpaired) electrons. The number of carbonyl (C=O) groups is 3. The SMILES string of the molecule is O=C(O)CNC(=O)C(=O)Nc1ccccc1F. The predicted octanol–water partition coefficient (Wildman–Crippen LogP) is -0.0350. The number of nitrogens with one attached hydrogen (secondary N) is 2. The summed E-state index contributed by atoms with van der Waals surface area (Å²) in [4.78, 5) is 32.4. The van der Waals surface area contributed by atoms with E-state index in [0.29, 0.717) is 0 Å². The van der Waals surface area contributed by atoms with E-state index in [1.807, 2.05) is 10.6 Å². The van der Waals surface area contributed by atoms with Crippen LogP contribution in [-0.4, -0.2) is 29.4 Å². The highest BCUT2D eigenvalue weighted by atomic mass is 19.1. The number of hydrogen-bond donors (Lipinski definition) is 3. The third kappa shape index (κ3) is 3.90. The first kappa shape index (κ1) is 12.6. The first-order valence-electron chi connectivity index (χ1n) is 4.56. The molecular weight excluding hydrogens is 231 g/mol. The highest BCUT2D eigenvalue weighted by Crippen LogP contribution is 2.11. The number of halogens is 1. The summed E-state index contributed by atoms with van der Waals surface area (Å²) in [6.45, 7) is -0.677. The quantitative estimate of drug-likeness (QED) is 0.646. The summed E-state index contributed by atoms with van der Waals surface area (Å²) in [6.07, 6.45) is 0. The summed E-state index contributed by atoms with van der Waals surface area (Å²) in [5.74, 6) is -4.24. The van der Waals surface area contributed by atoms with E-state index in [9.17, 15) is 18.8 Å². The van der Waals surface area contributed by atoms with Gasteiger partial charge in [0.2, 0.25) is 0 Å². The normalized spacial score (nSPS) is 9.47. The Balaban J connectivity index is 2.58. The average molecular weight is 240 g/mol. The molecule has 0 fully saturated rings. The molecule has 0 aliphatic heterocycles. The van der Waals surface area contributed by atoms with Crippen molar-refractivity contribution >= 4 is 23.5 Å². The van der Waals surface area contributed by atoms with Crippen molar-refractivity contribution in [3.05, 3.63) is 30.1 Å². The van der Waals surface area contributed by atoms with Gasteiger partial charge in [-0.3, -0.25) is 14.4 Å². The lowest BCUT2D eigenvalue weighted by atomic mass is 10.3. The fourth-order valence-corrected chi connectivity index (χ4v) is 0.978. The van der Waals surface area contributed by atoms with Crippen LogP contribution in [0.25, 0.3) is 0 Å². The number of benzene rings is 1. The van der Waals surface area contributed by atoms with Gasteiger partial charge in [0.1, 0.15) is 12.4 Å². The van der Waals surface area contributed by atoms with Crippen molar-refractivity contribution in [2.24, 2.45) is 0 Å². The highest BCUT2D eigenvalue weighted by molar-refractivity contribution is 6.39. The molecular formula is C10H9FN2O4. The first-order chi connectivity index (χ1) is 8.00. The van der Waals surface area contributed by atoms with E-state index in [1.165, 1.54) is 18.2 Å². The molecule has 0 saturated carbocycles. The number of rotatable bonds is 3. The Morgan fingerprint density at radius 3 is 2.41 bits per heavy atom. The van der Waals surface area contributed by atoms with Crippen molar-refractivity contribution in [2.45, 2.75) is 0 Å². The lowest BCUT2D eigenvalue weighted by molar-refractivity contribution is -0.140. The minimum atomic E-state index is -1.28. The second-order valence-corrected chi connectivity index (χ2v) is 3.01. The molecule has 7 heteroatoms. The van der Waals surface area contributed by atoms with Crippen molar-refractivity contribution in [3.8, 4) is 0 Å². The zero-order chi connectivity index (χ0) is 12.8. The van der Waals surface area contributed by atoms with E-state index in [0.717, 1.165) is 6.07 Å². The molecule has 1 aromatic rings. The summed E-state index contributed by atoms with van der Waals surface area (Å²) < 4.78 is 13.1. The zero-order valence-corrected chi connectivity index (χ0v) is 8.57. The maximum Gasteiger partial charge on any atom is 0.322 e. The summed E-state index contributed by atoms with van der Waals surface area (Å²) >= 11 is 0. The number of hydrogen-bond acceptors (Lipinski definition) is 3. The minimum absolute atomic E-state index is 0.150. The Morgan fingerprint density at radius 2 is 1.82 bits per heavy atom. The Labute approximate surface area is 95.4 Å². The molecule has 0 unspecified atom stereocenters. The van der Waals surface area contributed by atoms with Gasteiger partial charge in [-0.1, -0.05) is 12.1 Å². The van der Waals surface area contributed by atoms with E-state index in [4.69, 9.17) is 5.11 Å². The Morgan fingerprint density at radius 1 is 1.18 bits per heavy atom. The molecule has 0 aliphatic rings. The monoisotopic (exact) mass is 240 g/mol. The van der Waals surface area contributed by atoms with Crippen LogP contribution in [0.15, 0.2) is 24.3 Å². The molecule has 0 aromatic heterocycles. The van der Waals surface area contributed by atoms with Gasteiger partial charge in [-0.25, -0.2) is 4.39 Å². The second-order valence-electron chi connectivity index (χ2n) is 3.01. The molecule has 0 aliphatic carbocycles. The molecule has 0 atom stereocenters. The summed E-state index contributed by atoms with van der Waals surface area (Å²) in [5, 5.41) is 12.1. The number of carbonyl (C=O) groups excluding carboxylic acids is 2. The predicted molar refractivity (Wildman–Crippen MR) is 55.7 cm³/mol. The van der Waals surface area contributed by atoms with Crippen LogP contribution in [0.3, 0.4) is 0 Å².